The topological polar surface area (TPSA) is 99.0 Å². The number of carbonyl (C=O) groups excluding carboxylic acids is 2. The summed E-state index contributed by atoms with van der Waals surface area (Å²) in [5.74, 6) is -0.403. The van der Waals surface area contributed by atoms with Gasteiger partial charge in [-0.2, -0.15) is 5.10 Å². The molecule has 0 radical (unpaired) electrons. The molecular formula is C19H19FN6O2. The summed E-state index contributed by atoms with van der Waals surface area (Å²) in [5.41, 5.74) is 8.18. The second-order valence-corrected chi connectivity index (χ2v) is 6.74. The molecule has 2 N–H and O–H groups in total. The predicted molar refractivity (Wildman–Crippen MR) is 98.5 cm³/mol. The molecule has 0 aliphatic carbocycles. The van der Waals surface area contributed by atoms with Gasteiger partial charge in [0.25, 0.3) is 11.8 Å². The van der Waals surface area contributed by atoms with Crippen LogP contribution in [0, 0.1) is 19.7 Å². The van der Waals surface area contributed by atoms with Gasteiger partial charge in [-0.1, -0.05) is 0 Å². The van der Waals surface area contributed by atoms with Gasteiger partial charge in [0.1, 0.15) is 17.3 Å². The molecule has 2 aromatic heterocycles. The first kappa shape index (κ1) is 17.9. The third-order valence-corrected chi connectivity index (χ3v) is 4.98. The van der Waals surface area contributed by atoms with Gasteiger partial charge >= 0.3 is 0 Å². The van der Waals surface area contributed by atoms with E-state index in [0.717, 1.165) is 0 Å². The number of aryl methyl sites for hydroxylation is 1. The monoisotopic (exact) mass is 382 g/mol. The molecule has 9 heteroatoms. The molecular weight excluding hydrogens is 363 g/mol. The van der Waals surface area contributed by atoms with Crippen molar-refractivity contribution in [2.24, 2.45) is 5.73 Å². The van der Waals surface area contributed by atoms with Gasteiger partial charge < -0.3 is 15.2 Å². The first-order valence-electron chi connectivity index (χ1n) is 8.82. The minimum absolute atomic E-state index is 0.154. The van der Waals surface area contributed by atoms with E-state index >= 15 is 0 Å². The fourth-order valence-corrected chi connectivity index (χ4v) is 3.57. The van der Waals surface area contributed by atoms with Crippen LogP contribution in [0.3, 0.4) is 0 Å². The van der Waals surface area contributed by atoms with Crippen molar-refractivity contribution < 1.29 is 14.0 Å². The van der Waals surface area contributed by atoms with E-state index in [-0.39, 0.29) is 18.3 Å². The summed E-state index contributed by atoms with van der Waals surface area (Å²) >= 11 is 0. The second-order valence-electron chi connectivity index (χ2n) is 6.74. The van der Waals surface area contributed by atoms with Crippen LogP contribution in [-0.2, 0) is 13.1 Å². The number of fused-ring (bicyclic) bond motifs is 1. The number of primary amides is 1. The lowest BCUT2D eigenvalue weighted by atomic mass is 10.1. The lowest BCUT2D eigenvalue weighted by molar-refractivity contribution is 0.0705. The Morgan fingerprint density at radius 2 is 1.86 bits per heavy atom. The first-order chi connectivity index (χ1) is 13.4. The summed E-state index contributed by atoms with van der Waals surface area (Å²) in [6.45, 7) is 4.75. The molecule has 0 bridgehead atoms. The highest BCUT2D eigenvalue weighted by molar-refractivity contribution is 5.96. The zero-order chi connectivity index (χ0) is 20.0. The van der Waals surface area contributed by atoms with Crippen LogP contribution in [0.2, 0.25) is 0 Å². The van der Waals surface area contributed by atoms with Gasteiger partial charge in [0.15, 0.2) is 0 Å². The normalized spacial score (nSPS) is 13.5. The quantitative estimate of drug-likeness (QED) is 0.743. The lowest BCUT2D eigenvalue weighted by Gasteiger charge is -2.28. The minimum Gasteiger partial charge on any atom is -0.364 e. The van der Waals surface area contributed by atoms with Crippen molar-refractivity contribution in [1.82, 2.24) is 24.2 Å². The fourth-order valence-electron chi connectivity index (χ4n) is 3.57. The molecule has 0 fully saturated rings. The highest BCUT2D eigenvalue weighted by Crippen LogP contribution is 2.22. The Morgan fingerprint density at radius 1 is 1.14 bits per heavy atom. The maximum absolute atomic E-state index is 13.2. The van der Waals surface area contributed by atoms with Crippen LogP contribution >= 0.6 is 0 Å². The number of rotatable bonds is 3. The summed E-state index contributed by atoms with van der Waals surface area (Å²) in [7, 11) is 0. The molecule has 0 atom stereocenters. The summed E-state index contributed by atoms with van der Waals surface area (Å²) < 4.78 is 16.6. The molecule has 0 unspecified atom stereocenters. The van der Waals surface area contributed by atoms with Crippen LogP contribution in [0.4, 0.5) is 4.39 Å². The zero-order valence-corrected chi connectivity index (χ0v) is 15.5. The van der Waals surface area contributed by atoms with Crippen molar-refractivity contribution in [1.29, 1.82) is 0 Å². The van der Waals surface area contributed by atoms with E-state index in [1.165, 1.54) is 18.3 Å². The summed E-state index contributed by atoms with van der Waals surface area (Å²) in [6, 6.07) is 5.94. The Morgan fingerprint density at radius 3 is 2.54 bits per heavy atom. The molecule has 0 spiro atoms. The van der Waals surface area contributed by atoms with Crippen LogP contribution in [0.15, 0.2) is 30.5 Å². The van der Waals surface area contributed by atoms with E-state index in [4.69, 9.17) is 5.73 Å². The van der Waals surface area contributed by atoms with Gasteiger partial charge in [-0.3, -0.25) is 9.59 Å². The Labute approximate surface area is 160 Å². The molecule has 1 aromatic carbocycles. The first-order valence-corrected chi connectivity index (χ1v) is 8.82. The number of hydrogen-bond donors (Lipinski definition) is 1. The lowest BCUT2D eigenvalue weighted by Crippen LogP contribution is -2.39. The molecule has 2 amide bonds. The SMILES string of the molecule is Cc1nn(-c2ccc(F)cc2)c(C)c1C(=O)N1CCn2c(C(N)=O)cnc2C1. The summed E-state index contributed by atoms with van der Waals surface area (Å²) in [5, 5.41) is 4.46. The number of imidazole rings is 1. The van der Waals surface area contributed by atoms with Crippen LogP contribution in [0.25, 0.3) is 5.69 Å². The number of amides is 2. The van der Waals surface area contributed by atoms with Gasteiger partial charge in [0, 0.05) is 13.1 Å². The standard InChI is InChI=1S/C19H19FN6O2/c1-11-17(12(2)26(23-11)14-5-3-13(20)4-6-14)19(28)24-7-8-25-15(18(21)27)9-22-16(25)10-24/h3-6,9H,7-8,10H2,1-2H3,(H2,21,27). The second kappa shape index (κ2) is 6.59. The maximum Gasteiger partial charge on any atom is 0.266 e. The van der Waals surface area contributed by atoms with Gasteiger partial charge in [-0.25, -0.2) is 14.1 Å². The molecule has 0 saturated carbocycles. The molecule has 1 aliphatic heterocycles. The van der Waals surface area contributed by atoms with E-state index in [1.54, 1.807) is 33.2 Å². The van der Waals surface area contributed by atoms with Crippen LogP contribution in [0.5, 0.6) is 0 Å². The Kier molecular flexibility index (Phi) is 4.21. The minimum atomic E-state index is -0.536. The molecule has 3 heterocycles. The molecule has 144 valence electrons. The third kappa shape index (κ3) is 2.84. The number of benzene rings is 1. The van der Waals surface area contributed by atoms with Gasteiger partial charge in [-0.05, 0) is 38.1 Å². The van der Waals surface area contributed by atoms with Crippen LogP contribution < -0.4 is 5.73 Å². The van der Waals surface area contributed by atoms with E-state index in [2.05, 4.69) is 10.1 Å². The highest BCUT2D eigenvalue weighted by Gasteiger charge is 2.29. The van der Waals surface area contributed by atoms with Crippen molar-refractivity contribution in [2.75, 3.05) is 6.54 Å². The van der Waals surface area contributed by atoms with Crippen LogP contribution in [0.1, 0.15) is 38.1 Å². The predicted octanol–water partition coefficient (Wildman–Crippen LogP) is 1.58. The number of nitrogens with zero attached hydrogens (tertiary/aromatic N) is 5. The Balaban J connectivity index is 1.64. The Hall–Kier alpha value is -3.49. The van der Waals surface area contributed by atoms with E-state index < -0.39 is 5.91 Å². The van der Waals surface area contributed by atoms with E-state index in [9.17, 15) is 14.0 Å². The zero-order valence-electron chi connectivity index (χ0n) is 15.5. The average molecular weight is 382 g/mol. The van der Waals surface area contributed by atoms with Crippen molar-refractivity contribution in [3.63, 3.8) is 0 Å². The van der Waals surface area contributed by atoms with Gasteiger partial charge in [0.05, 0.1) is 35.4 Å². The van der Waals surface area contributed by atoms with Crippen molar-refractivity contribution in [3.05, 3.63) is 64.7 Å². The van der Waals surface area contributed by atoms with Crippen molar-refractivity contribution in [2.45, 2.75) is 26.9 Å². The van der Waals surface area contributed by atoms with E-state index in [1.807, 2.05) is 6.92 Å². The molecule has 3 aromatic rings. The Bertz CT molecular complexity index is 1080. The number of nitrogens with two attached hydrogens (primary N) is 1. The smallest absolute Gasteiger partial charge is 0.266 e. The van der Waals surface area contributed by atoms with E-state index in [0.29, 0.717) is 47.2 Å². The van der Waals surface area contributed by atoms with Crippen LogP contribution in [-0.4, -0.2) is 42.6 Å². The van der Waals surface area contributed by atoms with Crippen molar-refractivity contribution in [3.8, 4) is 5.69 Å². The molecule has 4 rings (SSSR count). The molecule has 1 aliphatic rings. The third-order valence-electron chi connectivity index (χ3n) is 4.98. The highest BCUT2D eigenvalue weighted by atomic mass is 19.1. The largest absolute Gasteiger partial charge is 0.364 e. The number of halogens is 1. The number of aromatic nitrogens is 4. The molecule has 8 nitrogen and oxygen atoms in total. The number of carbonyl (C=O) groups is 2. The van der Waals surface area contributed by atoms with Crippen molar-refractivity contribution >= 4 is 11.8 Å². The average Bonchev–Trinajstić information content (AvgIpc) is 3.22. The molecule has 28 heavy (non-hydrogen) atoms. The fraction of sp³-hybridized carbons (Fsp3) is 0.263. The molecule has 0 saturated heterocycles. The summed E-state index contributed by atoms with van der Waals surface area (Å²) in [6.07, 6.45) is 1.44. The summed E-state index contributed by atoms with van der Waals surface area (Å²) in [4.78, 5) is 30.5. The van der Waals surface area contributed by atoms with Gasteiger partial charge in [-0.15, -0.1) is 0 Å². The maximum atomic E-state index is 13.2. The number of hydrogen-bond acceptors (Lipinski definition) is 4. The van der Waals surface area contributed by atoms with Gasteiger partial charge in [0.2, 0.25) is 0 Å².